The van der Waals surface area contributed by atoms with E-state index in [1.807, 2.05) is 6.92 Å². The van der Waals surface area contributed by atoms with Gasteiger partial charge in [-0.25, -0.2) is 0 Å². The summed E-state index contributed by atoms with van der Waals surface area (Å²) in [6, 6.07) is 0. The van der Waals surface area contributed by atoms with Gasteiger partial charge in [0.15, 0.2) is 0 Å². The van der Waals surface area contributed by atoms with Crippen molar-refractivity contribution in [1.82, 2.24) is 0 Å². The summed E-state index contributed by atoms with van der Waals surface area (Å²) in [7, 11) is 0. The third-order valence-electron chi connectivity index (χ3n) is 3.16. The lowest BCUT2D eigenvalue weighted by Crippen LogP contribution is -2.30. The highest BCUT2D eigenvalue weighted by atomic mass is 16.5. The molecule has 1 saturated carbocycles. The molecule has 0 bridgehead atoms. The molecule has 0 saturated heterocycles. The standard InChI is InChI=1S/C12H25NO2/c1-2-14-8-9-15-12-7-5-3-4-6-11(12)10-13/h11-12H,2-10,13H2,1H3. The molecule has 0 aromatic heterocycles. The predicted octanol–water partition coefficient (Wildman–Crippen LogP) is 1.95. The number of rotatable bonds is 6. The van der Waals surface area contributed by atoms with E-state index in [0.29, 0.717) is 18.6 Å². The van der Waals surface area contributed by atoms with Crippen LogP contribution >= 0.6 is 0 Å². The first-order valence-electron chi connectivity index (χ1n) is 6.28. The molecule has 0 radical (unpaired) electrons. The summed E-state index contributed by atoms with van der Waals surface area (Å²) in [4.78, 5) is 0. The Balaban J connectivity index is 2.22. The van der Waals surface area contributed by atoms with Gasteiger partial charge >= 0.3 is 0 Å². The maximum atomic E-state index is 5.86. The average Bonchev–Trinajstić information content (AvgIpc) is 2.49. The van der Waals surface area contributed by atoms with Crippen LogP contribution in [0.1, 0.15) is 39.0 Å². The van der Waals surface area contributed by atoms with E-state index in [-0.39, 0.29) is 0 Å². The quantitative estimate of drug-likeness (QED) is 0.544. The minimum Gasteiger partial charge on any atom is -0.379 e. The Morgan fingerprint density at radius 1 is 1.13 bits per heavy atom. The number of ether oxygens (including phenoxy) is 2. The van der Waals surface area contributed by atoms with Gasteiger partial charge in [-0.15, -0.1) is 0 Å². The molecular weight excluding hydrogens is 190 g/mol. The molecule has 90 valence electrons. The summed E-state index contributed by atoms with van der Waals surface area (Å²) in [5.41, 5.74) is 5.78. The largest absolute Gasteiger partial charge is 0.379 e. The van der Waals surface area contributed by atoms with Crippen molar-refractivity contribution in [1.29, 1.82) is 0 Å². The highest BCUT2D eigenvalue weighted by Crippen LogP contribution is 2.24. The van der Waals surface area contributed by atoms with Crippen LogP contribution < -0.4 is 5.73 Å². The van der Waals surface area contributed by atoms with Crippen molar-refractivity contribution in [3.05, 3.63) is 0 Å². The van der Waals surface area contributed by atoms with Crippen molar-refractivity contribution in [3.8, 4) is 0 Å². The van der Waals surface area contributed by atoms with E-state index in [0.717, 1.165) is 19.8 Å². The first-order valence-corrected chi connectivity index (χ1v) is 6.28. The zero-order valence-corrected chi connectivity index (χ0v) is 9.91. The maximum Gasteiger partial charge on any atom is 0.0704 e. The summed E-state index contributed by atoms with van der Waals surface area (Å²) >= 11 is 0. The van der Waals surface area contributed by atoms with E-state index >= 15 is 0 Å². The highest BCUT2D eigenvalue weighted by Gasteiger charge is 2.22. The lowest BCUT2D eigenvalue weighted by atomic mass is 9.97. The monoisotopic (exact) mass is 215 g/mol. The minimum absolute atomic E-state index is 0.373. The SMILES string of the molecule is CCOCCOC1CCCCCC1CN. The number of hydrogen-bond donors (Lipinski definition) is 1. The molecule has 0 aromatic carbocycles. The van der Waals surface area contributed by atoms with Crippen molar-refractivity contribution in [2.45, 2.75) is 45.1 Å². The zero-order valence-electron chi connectivity index (χ0n) is 9.91. The van der Waals surface area contributed by atoms with Gasteiger partial charge in [0.1, 0.15) is 0 Å². The molecule has 1 aliphatic rings. The first kappa shape index (κ1) is 12.9. The predicted molar refractivity (Wildman–Crippen MR) is 61.9 cm³/mol. The average molecular weight is 215 g/mol. The van der Waals surface area contributed by atoms with Gasteiger partial charge in [-0.1, -0.05) is 19.3 Å². The van der Waals surface area contributed by atoms with Gasteiger partial charge < -0.3 is 15.2 Å². The fourth-order valence-corrected chi connectivity index (χ4v) is 2.24. The normalized spacial score (nSPS) is 27.6. The molecular formula is C12H25NO2. The Morgan fingerprint density at radius 2 is 1.93 bits per heavy atom. The van der Waals surface area contributed by atoms with E-state index in [2.05, 4.69) is 0 Å². The fraction of sp³-hybridized carbons (Fsp3) is 1.00. The molecule has 0 aromatic rings. The molecule has 1 fully saturated rings. The second kappa shape index (κ2) is 8.08. The molecule has 0 amide bonds. The van der Waals surface area contributed by atoms with Crippen LogP contribution in [0.15, 0.2) is 0 Å². The summed E-state index contributed by atoms with van der Waals surface area (Å²) in [6.07, 6.45) is 6.71. The molecule has 2 unspecified atom stereocenters. The summed E-state index contributed by atoms with van der Waals surface area (Å²) in [5, 5.41) is 0. The van der Waals surface area contributed by atoms with Gasteiger partial charge in [0.05, 0.1) is 19.3 Å². The second-order valence-corrected chi connectivity index (χ2v) is 4.24. The first-order chi connectivity index (χ1) is 7.38. The van der Waals surface area contributed by atoms with Crippen LogP contribution in [-0.4, -0.2) is 32.5 Å². The Kier molecular flexibility index (Phi) is 6.98. The van der Waals surface area contributed by atoms with E-state index in [1.165, 1.54) is 32.1 Å². The molecule has 3 heteroatoms. The Morgan fingerprint density at radius 3 is 2.67 bits per heavy atom. The Hall–Kier alpha value is -0.120. The van der Waals surface area contributed by atoms with Gasteiger partial charge in [0, 0.05) is 6.61 Å². The Bertz CT molecular complexity index is 153. The van der Waals surface area contributed by atoms with Crippen molar-refractivity contribution >= 4 is 0 Å². The smallest absolute Gasteiger partial charge is 0.0704 e. The Labute approximate surface area is 93.3 Å². The van der Waals surface area contributed by atoms with Crippen LogP contribution in [0, 0.1) is 5.92 Å². The van der Waals surface area contributed by atoms with Gasteiger partial charge in [-0.3, -0.25) is 0 Å². The van der Waals surface area contributed by atoms with Crippen molar-refractivity contribution in [2.75, 3.05) is 26.4 Å². The van der Waals surface area contributed by atoms with E-state index < -0.39 is 0 Å². The molecule has 15 heavy (non-hydrogen) atoms. The lowest BCUT2D eigenvalue weighted by molar-refractivity contribution is -0.0208. The van der Waals surface area contributed by atoms with Gasteiger partial charge in [0.2, 0.25) is 0 Å². The van der Waals surface area contributed by atoms with Crippen LogP contribution in [0.2, 0.25) is 0 Å². The third kappa shape index (κ3) is 4.96. The molecule has 1 rings (SSSR count). The molecule has 0 spiro atoms. The van der Waals surface area contributed by atoms with Gasteiger partial charge in [-0.2, -0.15) is 0 Å². The van der Waals surface area contributed by atoms with E-state index in [4.69, 9.17) is 15.2 Å². The van der Waals surface area contributed by atoms with Gasteiger partial charge in [0.25, 0.3) is 0 Å². The lowest BCUT2D eigenvalue weighted by Gasteiger charge is -2.24. The van der Waals surface area contributed by atoms with E-state index in [9.17, 15) is 0 Å². The van der Waals surface area contributed by atoms with Gasteiger partial charge in [-0.05, 0) is 32.2 Å². The number of nitrogens with two attached hydrogens (primary N) is 1. The van der Waals surface area contributed by atoms with Crippen molar-refractivity contribution in [3.63, 3.8) is 0 Å². The summed E-state index contributed by atoms with van der Waals surface area (Å²) < 4.78 is 11.1. The van der Waals surface area contributed by atoms with Crippen molar-refractivity contribution < 1.29 is 9.47 Å². The topological polar surface area (TPSA) is 44.5 Å². The van der Waals surface area contributed by atoms with Crippen LogP contribution in [0.5, 0.6) is 0 Å². The molecule has 3 nitrogen and oxygen atoms in total. The van der Waals surface area contributed by atoms with Crippen LogP contribution in [0.3, 0.4) is 0 Å². The molecule has 0 heterocycles. The van der Waals surface area contributed by atoms with Crippen LogP contribution in [-0.2, 0) is 9.47 Å². The van der Waals surface area contributed by atoms with Crippen LogP contribution in [0.25, 0.3) is 0 Å². The molecule has 1 aliphatic carbocycles. The molecule has 2 N–H and O–H groups in total. The number of hydrogen-bond acceptors (Lipinski definition) is 3. The summed E-state index contributed by atoms with van der Waals surface area (Å²) in [6.45, 7) is 4.97. The third-order valence-corrected chi connectivity index (χ3v) is 3.16. The zero-order chi connectivity index (χ0) is 10.9. The van der Waals surface area contributed by atoms with Crippen molar-refractivity contribution in [2.24, 2.45) is 11.7 Å². The second-order valence-electron chi connectivity index (χ2n) is 4.24. The minimum atomic E-state index is 0.373. The maximum absolute atomic E-state index is 5.86. The summed E-state index contributed by atoms with van der Waals surface area (Å²) in [5.74, 6) is 0.564. The highest BCUT2D eigenvalue weighted by molar-refractivity contribution is 4.75. The molecule has 0 aliphatic heterocycles. The van der Waals surface area contributed by atoms with E-state index in [1.54, 1.807) is 0 Å². The van der Waals surface area contributed by atoms with Crippen LogP contribution in [0.4, 0.5) is 0 Å². The molecule has 2 atom stereocenters. The fourth-order valence-electron chi connectivity index (χ4n) is 2.24.